The maximum atomic E-state index is 9.06. The third kappa shape index (κ3) is 2.19. The van der Waals surface area contributed by atoms with Gasteiger partial charge in [-0.1, -0.05) is 32.8 Å². The second kappa shape index (κ2) is 5.05. The largest absolute Gasteiger partial charge is 0.347 e. The highest BCUT2D eigenvalue weighted by molar-refractivity contribution is 5.85. The molecule has 1 heterocycles. The van der Waals surface area contributed by atoms with Gasteiger partial charge in [-0.3, -0.25) is 0 Å². The van der Waals surface area contributed by atoms with E-state index in [0.717, 1.165) is 23.4 Å². The van der Waals surface area contributed by atoms with Gasteiger partial charge in [-0.05, 0) is 24.1 Å². The van der Waals surface area contributed by atoms with Crippen LogP contribution in [-0.2, 0) is 6.54 Å². The highest BCUT2D eigenvalue weighted by atomic mass is 15.0. The van der Waals surface area contributed by atoms with E-state index in [2.05, 4.69) is 42.8 Å². The Bertz CT molecular complexity index is 542. The first kappa shape index (κ1) is 11.7. The zero-order valence-electron chi connectivity index (χ0n) is 10.5. The lowest BCUT2D eigenvalue weighted by Crippen LogP contribution is -2.07. The summed E-state index contributed by atoms with van der Waals surface area (Å²) in [6, 6.07) is 10.2. The Balaban J connectivity index is 2.40. The van der Waals surface area contributed by atoms with Crippen molar-refractivity contribution >= 4 is 10.9 Å². The van der Waals surface area contributed by atoms with Crippen molar-refractivity contribution in [3.05, 3.63) is 36.0 Å². The number of nitrogens with zero attached hydrogens (tertiary/aromatic N) is 2. The van der Waals surface area contributed by atoms with Crippen LogP contribution in [0.25, 0.3) is 10.9 Å². The molecule has 0 saturated heterocycles. The van der Waals surface area contributed by atoms with Gasteiger partial charge in [0.25, 0.3) is 0 Å². The fraction of sp³-hybridized carbons (Fsp3) is 0.400. The van der Waals surface area contributed by atoms with Gasteiger partial charge in [0.05, 0.1) is 11.6 Å². The third-order valence-corrected chi connectivity index (χ3v) is 3.54. The van der Waals surface area contributed by atoms with Crippen molar-refractivity contribution in [2.45, 2.75) is 33.2 Å². The number of nitriles is 1. The van der Waals surface area contributed by atoms with Crippen molar-refractivity contribution in [3.8, 4) is 6.07 Å². The van der Waals surface area contributed by atoms with Crippen molar-refractivity contribution < 1.29 is 0 Å². The molecule has 0 N–H and O–H groups in total. The lowest BCUT2D eigenvalue weighted by atomic mass is 10.0. The van der Waals surface area contributed by atoms with Crippen molar-refractivity contribution in [1.29, 1.82) is 5.26 Å². The van der Waals surface area contributed by atoms with Gasteiger partial charge in [0.2, 0.25) is 0 Å². The van der Waals surface area contributed by atoms with E-state index >= 15 is 0 Å². The summed E-state index contributed by atoms with van der Waals surface area (Å²) in [7, 11) is 0. The van der Waals surface area contributed by atoms with E-state index in [1.165, 1.54) is 18.4 Å². The summed E-state index contributed by atoms with van der Waals surface area (Å²) in [5, 5.41) is 10.1. The zero-order valence-corrected chi connectivity index (χ0v) is 10.5. The van der Waals surface area contributed by atoms with E-state index < -0.39 is 0 Å². The first-order valence-electron chi connectivity index (χ1n) is 6.28. The van der Waals surface area contributed by atoms with Crippen LogP contribution in [-0.4, -0.2) is 4.57 Å². The van der Waals surface area contributed by atoms with Crippen LogP contribution >= 0.6 is 0 Å². The van der Waals surface area contributed by atoms with Gasteiger partial charge in [0, 0.05) is 23.6 Å². The van der Waals surface area contributed by atoms with Crippen molar-refractivity contribution in [1.82, 2.24) is 4.57 Å². The van der Waals surface area contributed by atoms with Crippen molar-refractivity contribution in [3.63, 3.8) is 0 Å². The molecule has 0 aliphatic rings. The molecule has 2 aromatic rings. The molecule has 0 unspecified atom stereocenters. The van der Waals surface area contributed by atoms with Gasteiger partial charge in [-0.15, -0.1) is 0 Å². The average Bonchev–Trinajstić information content (AvgIpc) is 2.79. The van der Waals surface area contributed by atoms with E-state index in [-0.39, 0.29) is 0 Å². The Kier molecular flexibility index (Phi) is 3.49. The van der Waals surface area contributed by atoms with Crippen molar-refractivity contribution in [2.24, 2.45) is 5.92 Å². The second-order valence-electron chi connectivity index (χ2n) is 4.50. The van der Waals surface area contributed by atoms with Crippen molar-refractivity contribution in [2.75, 3.05) is 0 Å². The number of fused-ring (bicyclic) bond motifs is 1. The molecule has 17 heavy (non-hydrogen) atoms. The molecule has 0 atom stereocenters. The summed E-state index contributed by atoms with van der Waals surface area (Å²) in [5.41, 5.74) is 1.95. The average molecular weight is 226 g/mol. The van der Waals surface area contributed by atoms with Crippen LogP contribution in [0.3, 0.4) is 0 Å². The minimum absolute atomic E-state index is 0.719. The Morgan fingerprint density at radius 1 is 1.24 bits per heavy atom. The van der Waals surface area contributed by atoms with Gasteiger partial charge in [0.1, 0.15) is 0 Å². The molecule has 0 radical (unpaired) electrons. The van der Waals surface area contributed by atoms with Crippen LogP contribution in [0.5, 0.6) is 0 Å². The van der Waals surface area contributed by atoms with Gasteiger partial charge >= 0.3 is 0 Å². The van der Waals surface area contributed by atoms with E-state index in [0.29, 0.717) is 0 Å². The minimum atomic E-state index is 0.719. The van der Waals surface area contributed by atoms with Gasteiger partial charge in [-0.2, -0.15) is 5.26 Å². The molecule has 0 amide bonds. The highest BCUT2D eigenvalue weighted by Crippen LogP contribution is 2.22. The standard InChI is InChI=1S/C15H18N2/c1-3-12(4-2)11-17-9-8-14-13(10-16)6-5-7-15(14)17/h5-9,12H,3-4,11H2,1-2H3. The van der Waals surface area contributed by atoms with Gasteiger partial charge in [0.15, 0.2) is 0 Å². The second-order valence-corrected chi connectivity index (χ2v) is 4.50. The van der Waals surface area contributed by atoms with E-state index in [1.807, 2.05) is 12.1 Å². The first-order chi connectivity index (χ1) is 8.30. The maximum absolute atomic E-state index is 9.06. The Labute approximate surface area is 102 Å². The molecule has 2 rings (SSSR count). The smallest absolute Gasteiger partial charge is 0.0998 e. The molecular formula is C15H18N2. The van der Waals surface area contributed by atoms with E-state index in [1.54, 1.807) is 0 Å². The Morgan fingerprint density at radius 2 is 2.00 bits per heavy atom. The minimum Gasteiger partial charge on any atom is -0.347 e. The molecule has 2 nitrogen and oxygen atoms in total. The summed E-state index contributed by atoms with van der Waals surface area (Å²) >= 11 is 0. The number of aromatic nitrogens is 1. The molecule has 0 bridgehead atoms. The lowest BCUT2D eigenvalue weighted by Gasteiger charge is -2.14. The summed E-state index contributed by atoms with van der Waals surface area (Å²) in [6.45, 7) is 5.52. The SMILES string of the molecule is CCC(CC)Cn1ccc2c(C#N)cccc21. The monoisotopic (exact) mass is 226 g/mol. The quantitative estimate of drug-likeness (QED) is 0.776. The first-order valence-corrected chi connectivity index (χ1v) is 6.28. The van der Waals surface area contributed by atoms with Gasteiger partial charge < -0.3 is 4.57 Å². The van der Waals surface area contributed by atoms with E-state index in [9.17, 15) is 0 Å². The molecule has 0 aliphatic heterocycles. The third-order valence-electron chi connectivity index (χ3n) is 3.54. The van der Waals surface area contributed by atoms with Gasteiger partial charge in [-0.25, -0.2) is 0 Å². The predicted octanol–water partition coefficient (Wildman–Crippen LogP) is 3.95. The summed E-state index contributed by atoms with van der Waals surface area (Å²) < 4.78 is 2.27. The van der Waals surface area contributed by atoms with Crippen LogP contribution < -0.4 is 0 Å². The molecule has 2 heteroatoms. The summed E-state index contributed by atoms with van der Waals surface area (Å²) in [4.78, 5) is 0. The maximum Gasteiger partial charge on any atom is 0.0998 e. The fourth-order valence-corrected chi connectivity index (χ4v) is 2.31. The molecule has 1 aromatic heterocycles. The lowest BCUT2D eigenvalue weighted by molar-refractivity contribution is 0.425. The summed E-state index contributed by atoms with van der Waals surface area (Å²) in [5.74, 6) is 0.719. The summed E-state index contributed by atoms with van der Waals surface area (Å²) in [6.07, 6.45) is 4.51. The Morgan fingerprint density at radius 3 is 2.65 bits per heavy atom. The van der Waals surface area contributed by atoms with Crippen LogP contribution in [0.1, 0.15) is 32.3 Å². The number of hydrogen-bond acceptors (Lipinski definition) is 1. The normalized spacial score (nSPS) is 10.9. The zero-order chi connectivity index (χ0) is 12.3. The van der Waals surface area contributed by atoms with Crippen LogP contribution in [0.4, 0.5) is 0 Å². The molecule has 0 aliphatic carbocycles. The number of rotatable bonds is 4. The number of benzene rings is 1. The molecule has 0 saturated carbocycles. The highest BCUT2D eigenvalue weighted by Gasteiger charge is 2.08. The van der Waals surface area contributed by atoms with Crippen LogP contribution in [0.2, 0.25) is 0 Å². The molecule has 1 aromatic carbocycles. The van der Waals surface area contributed by atoms with Crippen LogP contribution in [0.15, 0.2) is 30.5 Å². The molecule has 88 valence electrons. The topological polar surface area (TPSA) is 28.7 Å². The molecule has 0 fully saturated rings. The number of hydrogen-bond donors (Lipinski definition) is 0. The van der Waals surface area contributed by atoms with E-state index in [4.69, 9.17) is 5.26 Å². The predicted molar refractivity (Wildman–Crippen MR) is 70.7 cm³/mol. The molecular weight excluding hydrogens is 208 g/mol. The fourth-order valence-electron chi connectivity index (χ4n) is 2.31. The molecule has 0 spiro atoms. The Hall–Kier alpha value is -1.75. The van der Waals surface area contributed by atoms with Crippen LogP contribution in [0, 0.1) is 17.2 Å².